The normalized spacial score (nSPS) is 17.2. The molecular formula is C19H28N2O5S. The SMILES string of the molecule is CCOC(=O)C1CSCCN1CC(=O)NCCOc1ccc(OCC)cc1. The Hall–Kier alpha value is -1.93. The molecule has 1 saturated heterocycles. The van der Waals surface area contributed by atoms with Crippen molar-refractivity contribution in [3.63, 3.8) is 0 Å². The summed E-state index contributed by atoms with van der Waals surface area (Å²) in [6.45, 7) is 6.36. The van der Waals surface area contributed by atoms with Crippen LogP contribution in [0.15, 0.2) is 24.3 Å². The summed E-state index contributed by atoms with van der Waals surface area (Å²) in [5.41, 5.74) is 0. The van der Waals surface area contributed by atoms with Crippen molar-refractivity contribution in [1.29, 1.82) is 0 Å². The van der Waals surface area contributed by atoms with Crippen molar-refractivity contribution in [3.8, 4) is 11.5 Å². The molecule has 1 amide bonds. The van der Waals surface area contributed by atoms with E-state index in [2.05, 4.69) is 5.32 Å². The van der Waals surface area contributed by atoms with Crippen molar-refractivity contribution in [1.82, 2.24) is 10.2 Å². The average molecular weight is 397 g/mol. The van der Waals surface area contributed by atoms with Gasteiger partial charge in [-0.2, -0.15) is 11.8 Å². The van der Waals surface area contributed by atoms with Gasteiger partial charge in [0.15, 0.2) is 0 Å². The van der Waals surface area contributed by atoms with Gasteiger partial charge in [0, 0.05) is 18.1 Å². The molecule has 1 aromatic carbocycles. The van der Waals surface area contributed by atoms with Gasteiger partial charge in [0.2, 0.25) is 5.91 Å². The average Bonchev–Trinajstić information content (AvgIpc) is 2.67. The van der Waals surface area contributed by atoms with Gasteiger partial charge in [-0.3, -0.25) is 14.5 Å². The molecule has 1 aliphatic heterocycles. The predicted octanol–water partition coefficient (Wildman–Crippen LogP) is 1.56. The highest BCUT2D eigenvalue weighted by atomic mass is 32.2. The standard InChI is InChI=1S/C19H28N2O5S/c1-3-24-15-5-7-16(8-6-15)26-11-9-20-18(22)13-21-10-12-27-14-17(21)19(23)25-4-2/h5-8,17H,3-4,9-14H2,1-2H3,(H,20,22). The molecule has 0 spiro atoms. The molecule has 1 fully saturated rings. The van der Waals surface area contributed by atoms with E-state index in [1.54, 1.807) is 18.7 Å². The van der Waals surface area contributed by atoms with E-state index in [0.717, 1.165) is 17.3 Å². The van der Waals surface area contributed by atoms with Crippen molar-refractivity contribution >= 4 is 23.6 Å². The number of nitrogens with zero attached hydrogens (tertiary/aromatic N) is 1. The van der Waals surface area contributed by atoms with Crippen molar-refractivity contribution < 1.29 is 23.8 Å². The number of carbonyl (C=O) groups is 2. The maximum absolute atomic E-state index is 12.2. The van der Waals surface area contributed by atoms with Crippen molar-refractivity contribution in [2.75, 3.05) is 51.0 Å². The Morgan fingerprint density at radius 3 is 2.52 bits per heavy atom. The highest BCUT2D eigenvalue weighted by Crippen LogP contribution is 2.18. The van der Waals surface area contributed by atoms with Gasteiger partial charge in [-0.15, -0.1) is 0 Å². The number of hydrogen-bond acceptors (Lipinski definition) is 7. The Bertz CT molecular complexity index is 596. The molecule has 27 heavy (non-hydrogen) atoms. The van der Waals surface area contributed by atoms with Crippen LogP contribution < -0.4 is 14.8 Å². The monoisotopic (exact) mass is 396 g/mol. The van der Waals surface area contributed by atoms with E-state index < -0.39 is 0 Å². The minimum Gasteiger partial charge on any atom is -0.494 e. The smallest absolute Gasteiger partial charge is 0.324 e. The first kappa shape index (κ1) is 21.4. The Morgan fingerprint density at radius 1 is 1.15 bits per heavy atom. The fourth-order valence-electron chi connectivity index (χ4n) is 2.68. The lowest BCUT2D eigenvalue weighted by atomic mass is 10.2. The zero-order valence-electron chi connectivity index (χ0n) is 15.9. The molecule has 1 atom stereocenters. The van der Waals surface area contributed by atoms with Gasteiger partial charge in [-0.1, -0.05) is 0 Å². The molecule has 1 aromatic rings. The molecule has 0 aliphatic carbocycles. The van der Waals surface area contributed by atoms with Crippen LogP contribution in [0.1, 0.15) is 13.8 Å². The van der Waals surface area contributed by atoms with Crippen LogP contribution >= 0.6 is 11.8 Å². The molecule has 1 aliphatic rings. The maximum atomic E-state index is 12.2. The topological polar surface area (TPSA) is 77.1 Å². The third-order valence-corrected chi connectivity index (χ3v) is 5.00. The van der Waals surface area contributed by atoms with Gasteiger partial charge >= 0.3 is 5.97 Å². The fourth-order valence-corrected chi connectivity index (χ4v) is 3.78. The summed E-state index contributed by atoms with van der Waals surface area (Å²) in [5, 5.41) is 2.83. The van der Waals surface area contributed by atoms with Crippen LogP contribution in [-0.2, 0) is 14.3 Å². The lowest BCUT2D eigenvalue weighted by Gasteiger charge is -2.32. The van der Waals surface area contributed by atoms with Gasteiger partial charge in [0.25, 0.3) is 0 Å². The lowest BCUT2D eigenvalue weighted by molar-refractivity contribution is -0.149. The quantitative estimate of drug-likeness (QED) is 0.475. The third-order valence-electron chi connectivity index (χ3n) is 3.97. The Balaban J connectivity index is 1.69. The predicted molar refractivity (Wildman–Crippen MR) is 105 cm³/mol. The van der Waals surface area contributed by atoms with Crippen LogP contribution in [0.4, 0.5) is 0 Å². The number of esters is 1. The molecule has 1 N–H and O–H groups in total. The number of ether oxygens (including phenoxy) is 3. The van der Waals surface area contributed by atoms with Crippen LogP contribution in [0.5, 0.6) is 11.5 Å². The van der Waals surface area contributed by atoms with E-state index in [-0.39, 0.29) is 24.5 Å². The van der Waals surface area contributed by atoms with Crippen LogP contribution in [0.2, 0.25) is 0 Å². The Kier molecular flexibility index (Phi) is 9.27. The fraction of sp³-hybridized carbons (Fsp3) is 0.579. The molecule has 0 aromatic heterocycles. The highest BCUT2D eigenvalue weighted by Gasteiger charge is 2.31. The van der Waals surface area contributed by atoms with E-state index in [1.165, 1.54) is 0 Å². The summed E-state index contributed by atoms with van der Waals surface area (Å²) in [5.74, 6) is 2.72. The third kappa shape index (κ3) is 7.30. The molecule has 7 nitrogen and oxygen atoms in total. The van der Waals surface area contributed by atoms with Crippen LogP contribution in [0.3, 0.4) is 0 Å². The van der Waals surface area contributed by atoms with Gasteiger partial charge in [-0.25, -0.2) is 0 Å². The largest absolute Gasteiger partial charge is 0.494 e. The van der Waals surface area contributed by atoms with Gasteiger partial charge < -0.3 is 19.5 Å². The summed E-state index contributed by atoms with van der Waals surface area (Å²) in [6.07, 6.45) is 0. The number of amides is 1. The molecule has 0 radical (unpaired) electrons. The first-order valence-electron chi connectivity index (χ1n) is 9.24. The number of benzene rings is 1. The number of rotatable bonds is 10. The minimum absolute atomic E-state index is 0.119. The first-order valence-corrected chi connectivity index (χ1v) is 10.4. The lowest BCUT2D eigenvalue weighted by Crippen LogP contribution is -2.51. The number of hydrogen-bond donors (Lipinski definition) is 1. The van der Waals surface area contributed by atoms with Crippen LogP contribution in [0.25, 0.3) is 0 Å². The molecule has 8 heteroatoms. The van der Waals surface area contributed by atoms with E-state index in [1.807, 2.05) is 36.1 Å². The molecule has 0 bridgehead atoms. The summed E-state index contributed by atoms with van der Waals surface area (Å²) >= 11 is 1.71. The molecule has 2 rings (SSSR count). The minimum atomic E-state index is -0.352. The van der Waals surface area contributed by atoms with Crippen molar-refractivity contribution in [3.05, 3.63) is 24.3 Å². The second kappa shape index (κ2) is 11.7. The number of thioether (sulfide) groups is 1. The van der Waals surface area contributed by atoms with E-state index >= 15 is 0 Å². The second-order valence-corrected chi connectivity index (χ2v) is 7.07. The second-order valence-electron chi connectivity index (χ2n) is 5.92. The zero-order valence-corrected chi connectivity index (χ0v) is 16.8. The van der Waals surface area contributed by atoms with E-state index in [4.69, 9.17) is 14.2 Å². The van der Waals surface area contributed by atoms with Gasteiger partial charge in [-0.05, 0) is 38.1 Å². The van der Waals surface area contributed by atoms with Crippen LogP contribution in [0, 0.1) is 0 Å². The molecule has 150 valence electrons. The van der Waals surface area contributed by atoms with Crippen molar-refractivity contribution in [2.24, 2.45) is 0 Å². The zero-order chi connectivity index (χ0) is 19.5. The highest BCUT2D eigenvalue weighted by molar-refractivity contribution is 7.99. The Labute approximate surface area is 164 Å². The maximum Gasteiger partial charge on any atom is 0.324 e. The summed E-state index contributed by atoms with van der Waals surface area (Å²) in [6, 6.07) is 7.02. The summed E-state index contributed by atoms with van der Waals surface area (Å²) < 4.78 is 16.1. The van der Waals surface area contributed by atoms with Crippen molar-refractivity contribution in [2.45, 2.75) is 19.9 Å². The van der Waals surface area contributed by atoms with E-state index in [0.29, 0.717) is 38.7 Å². The molecule has 0 saturated carbocycles. The summed E-state index contributed by atoms with van der Waals surface area (Å²) in [7, 11) is 0. The van der Waals surface area contributed by atoms with Gasteiger partial charge in [0.1, 0.15) is 24.1 Å². The molecular weight excluding hydrogens is 368 g/mol. The number of carbonyl (C=O) groups excluding carboxylic acids is 2. The molecule has 1 unspecified atom stereocenters. The van der Waals surface area contributed by atoms with Gasteiger partial charge in [0.05, 0.1) is 26.3 Å². The van der Waals surface area contributed by atoms with Crippen LogP contribution in [-0.4, -0.2) is 73.8 Å². The molecule has 1 heterocycles. The van der Waals surface area contributed by atoms with E-state index in [9.17, 15) is 9.59 Å². The Morgan fingerprint density at radius 2 is 1.85 bits per heavy atom. The number of nitrogens with one attached hydrogen (secondary N) is 1. The first-order chi connectivity index (χ1) is 13.1. The summed E-state index contributed by atoms with van der Waals surface area (Å²) in [4.78, 5) is 26.1.